The third kappa shape index (κ3) is 5.48. The van der Waals surface area contributed by atoms with E-state index in [4.69, 9.17) is 9.84 Å². The summed E-state index contributed by atoms with van der Waals surface area (Å²) in [5.74, 6) is -1.35. The number of aromatic nitrogens is 1. The summed E-state index contributed by atoms with van der Waals surface area (Å²) in [6, 6.07) is 15.7. The normalized spacial score (nSPS) is 10.6. The van der Waals surface area contributed by atoms with Gasteiger partial charge in [0.15, 0.2) is 0 Å². The Morgan fingerprint density at radius 3 is 2.58 bits per heavy atom. The van der Waals surface area contributed by atoms with Crippen LogP contribution in [0.1, 0.15) is 32.0 Å². The van der Waals surface area contributed by atoms with Crippen molar-refractivity contribution in [3.63, 3.8) is 0 Å². The van der Waals surface area contributed by atoms with Crippen LogP contribution in [0.5, 0.6) is 5.75 Å². The van der Waals surface area contributed by atoms with E-state index >= 15 is 0 Å². The SMILES string of the molecule is O=C(O)c1ccc(COc2ccccc2/C=N\NC(=O)c2ncccc2[N+](=O)[O-])cc1. The molecule has 0 unspecified atom stereocenters. The van der Waals surface area contributed by atoms with Crippen LogP contribution < -0.4 is 10.2 Å². The Labute approximate surface area is 176 Å². The van der Waals surface area contributed by atoms with Gasteiger partial charge in [0.2, 0.25) is 5.69 Å². The molecular weight excluding hydrogens is 404 g/mol. The molecule has 3 rings (SSSR count). The minimum Gasteiger partial charge on any atom is -0.488 e. The lowest BCUT2D eigenvalue weighted by molar-refractivity contribution is -0.385. The molecule has 0 aliphatic carbocycles. The van der Waals surface area contributed by atoms with Crippen LogP contribution in [0.4, 0.5) is 5.69 Å². The number of aromatic carboxylic acids is 1. The van der Waals surface area contributed by atoms with Crippen molar-refractivity contribution in [2.45, 2.75) is 6.61 Å². The van der Waals surface area contributed by atoms with Crippen molar-refractivity contribution >= 4 is 23.8 Å². The van der Waals surface area contributed by atoms with Gasteiger partial charge in [-0.25, -0.2) is 15.2 Å². The van der Waals surface area contributed by atoms with Crippen molar-refractivity contribution in [1.29, 1.82) is 0 Å². The van der Waals surface area contributed by atoms with Crippen molar-refractivity contribution in [3.05, 3.63) is 99.4 Å². The smallest absolute Gasteiger partial charge is 0.335 e. The summed E-state index contributed by atoms with van der Waals surface area (Å²) >= 11 is 0. The monoisotopic (exact) mass is 420 g/mol. The largest absolute Gasteiger partial charge is 0.488 e. The zero-order valence-electron chi connectivity index (χ0n) is 16.0. The predicted molar refractivity (Wildman–Crippen MR) is 110 cm³/mol. The lowest BCUT2D eigenvalue weighted by atomic mass is 10.1. The number of hydrogen-bond acceptors (Lipinski definition) is 7. The first-order valence-electron chi connectivity index (χ1n) is 8.92. The quantitative estimate of drug-likeness (QED) is 0.324. The second-order valence-corrected chi connectivity index (χ2v) is 6.16. The number of carbonyl (C=O) groups excluding carboxylic acids is 1. The average molecular weight is 420 g/mol. The fourth-order valence-electron chi connectivity index (χ4n) is 2.56. The highest BCUT2D eigenvalue weighted by molar-refractivity contribution is 5.96. The van der Waals surface area contributed by atoms with Gasteiger partial charge in [-0.05, 0) is 35.9 Å². The number of rotatable bonds is 8. The number of nitrogens with one attached hydrogen (secondary N) is 1. The van der Waals surface area contributed by atoms with E-state index in [0.717, 1.165) is 5.56 Å². The average Bonchev–Trinajstić information content (AvgIpc) is 2.78. The number of para-hydroxylation sites is 1. The van der Waals surface area contributed by atoms with E-state index < -0.39 is 22.5 Å². The molecule has 156 valence electrons. The summed E-state index contributed by atoms with van der Waals surface area (Å²) in [6.07, 6.45) is 2.62. The molecule has 1 aromatic heterocycles. The fourth-order valence-corrected chi connectivity index (χ4v) is 2.56. The maximum Gasteiger partial charge on any atom is 0.335 e. The number of carbonyl (C=O) groups is 2. The minimum absolute atomic E-state index is 0.181. The summed E-state index contributed by atoms with van der Waals surface area (Å²) in [7, 11) is 0. The maximum atomic E-state index is 12.2. The molecule has 3 aromatic rings. The van der Waals surface area contributed by atoms with Crippen molar-refractivity contribution in [3.8, 4) is 5.75 Å². The molecule has 0 saturated carbocycles. The van der Waals surface area contributed by atoms with Crippen LogP contribution in [0.25, 0.3) is 0 Å². The molecule has 0 atom stereocenters. The van der Waals surface area contributed by atoms with Crippen molar-refractivity contribution in [2.24, 2.45) is 5.10 Å². The van der Waals surface area contributed by atoms with Gasteiger partial charge in [-0.3, -0.25) is 14.9 Å². The number of benzene rings is 2. The molecule has 1 heterocycles. The van der Waals surface area contributed by atoms with Crippen LogP contribution in [-0.2, 0) is 6.61 Å². The third-order valence-corrected chi connectivity index (χ3v) is 4.08. The van der Waals surface area contributed by atoms with E-state index in [1.807, 2.05) is 0 Å². The van der Waals surface area contributed by atoms with Gasteiger partial charge < -0.3 is 9.84 Å². The summed E-state index contributed by atoms with van der Waals surface area (Å²) < 4.78 is 5.76. The second kappa shape index (κ2) is 9.74. The zero-order valence-corrected chi connectivity index (χ0v) is 16.0. The molecule has 2 N–H and O–H groups in total. The Morgan fingerprint density at radius 2 is 1.87 bits per heavy atom. The molecule has 0 spiro atoms. The summed E-state index contributed by atoms with van der Waals surface area (Å²) in [5.41, 5.74) is 2.95. The number of pyridine rings is 1. The zero-order chi connectivity index (χ0) is 22.2. The highest BCUT2D eigenvalue weighted by Crippen LogP contribution is 2.18. The second-order valence-electron chi connectivity index (χ2n) is 6.16. The van der Waals surface area contributed by atoms with Crippen molar-refractivity contribution < 1.29 is 24.4 Å². The summed E-state index contributed by atoms with van der Waals surface area (Å²) in [5, 5.41) is 23.8. The Hall–Kier alpha value is -4.60. The number of nitro groups is 1. The maximum absolute atomic E-state index is 12.2. The summed E-state index contributed by atoms with van der Waals surface area (Å²) in [6.45, 7) is 0.192. The van der Waals surface area contributed by atoms with E-state index in [9.17, 15) is 19.7 Å². The molecule has 10 nitrogen and oxygen atoms in total. The Kier molecular flexibility index (Phi) is 6.64. The lowest BCUT2D eigenvalue weighted by Crippen LogP contribution is -2.20. The first-order valence-corrected chi connectivity index (χ1v) is 8.92. The van der Waals surface area contributed by atoms with E-state index in [1.54, 1.807) is 36.4 Å². The first kappa shape index (κ1) is 21.1. The Bertz CT molecular complexity index is 1140. The van der Waals surface area contributed by atoms with Crippen LogP contribution in [0.15, 0.2) is 72.0 Å². The molecule has 0 radical (unpaired) electrons. The number of carboxylic acid groups (broad SMARTS) is 1. The standard InChI is InChI=1S/C21H16N4O6/c26-20(19-17(25(29)30)5-3-11-22-19)24-23-12-16-4-1-2-6-18(16)31-13-14-7-9-15(10-8-14)21(27)28/h1-12H,13H2,(H,24,26)(H,27,28)/b23-12-. The summed E-state index contributed by atoms with van der Waals surface area (Å²) in [4.78, 5) is 37.1. The van der Waals surface area contributed by atoms with Gasteiger partial charge in [-0.2, -0.15) is 5.10 Å². The molecule has 31 heavy (non-hydrogen) atoms. The first-order chi connectivity index (χ1) is 15.0. The number of carboxylic acids is 1. The number of ether oxygens (including phenoxy) is 1. The molecular formula is C21H16N4O6. The molecule has 0 bridgehead atoms. The molecule has 2 aromatic carbocycles. The predicted octanol–water partition coefficient (Wildman–Crippen LogP) is 3.03. The Morgan fingerprint density at radius 1 is 1.13 bits per heavy atom. The van der Waals surface area contributed by atoms with Gasteiger partial charge in [0, 0.05) is 17.8 Å². The van der Waals surface area contributed by atoms with Crippen LogP contribution >= 0.6 is 0 Å². The van der Waals surface area contributed by atoms with E-state index in [1.165, 1.54) is 36.7 Å². The number of amides is 1. The number of hydrogen-bond donors (Lipinski definition) is 2. The minimum atomic E-state index is -1.01. The van der Waals surface area contributed by atoms with Gasteiger partial charge in [-0.15, -0.1) is 0 Å². The van der Waals surface area contributed by atoms with E-state index in [0.29, 0.717) is 11.3 Å². The fraction of sp³-hybridized carbons (Fsp3) is 0.0476. The highest BCUT2D eigenvalue weighted by atomic mass is 16.6. The van der Waals surface area contributed by atoms with E-state index in [-0.39, 0.29) is 17.9 Å². The molecule has 0 fully saturated rings. The highest BCUT2D eigenvalue weighted by Gasteiger charge is 2.20. The van der Waals surface area contributed by atoms with Crippen LogP contribution in [-0.4, -0.2) is 33.1 Å². The van der Waals surface area contributed by atoms with Crippen LogP contribution in [0.3, 0.4) is 0 Å². The third-order valence-electron chi connectivity index (χ3n) is 4.08. The van der Waals surface area contributed by atoms with Crippen LogP contribution in [0.2, 0.25) is 0 Å². The van der Waals surface area contributed by atoms with Gasteiger partial charge in [0.05, 0.1) is 16.7 Å². The molecule has 1 amide bonds. The lowest BCUT2D eigenvalue weighted by Gasteiger charge is -2.09. The van der Waals surface area contributed by atoms with Gasteiger partial charge in [0.25, 0.3) is 5.91 Å². The Balaban J connectivity index is 1.66. The van der Waals surface area contributed by atoms with E-state index in [2.05, 4.69) is 15.5 Å². The van der Waals surface area contributed by atoms with Gasteiger partial charge in [0.1, 0.15) is 12.4 Å². The number of hydrazone groups is 1. The van der Waals surface area contributed by atoms with Gasteiger partial charge >= 0.3 is 11.7 Å². The van der Waals surface area contributed by atoms with Crippen LogP contribution in [0, 0.1) is 10.1 Å². The van der Waals surface area contributed by atoms with Gasteiger partial charge in [-0.1, -0.05) is 24.3 Å². The molecule has 0 saturated heterocycles. The molecule has 10 heteroatoms. The molecule has 0 aliphatic rings. The van der Waals surface area contributed by atoms with Crippen molar-refractivity contribution in [1.82, 2.24) is 10.4 Å². The topological polar surface area (TPSA) is 144 Å². The number of nitrogens with zero attached hydrogens (tertiary/aromatic N) is 3. The van der Waals surface area contributed by atoms with Crippen molar-refractivity contribution in [2.75, 3.05) is 0 Å². The molecule has 0 aliphatic heterocycles.